The molecule has 13 atom stereocenters. The molecule has 0 aliphatic carbocycles. The summed E-state index contributed by atoms with van der Waals surface area (Å²) in [6, 6.07) is 8.06. The van der Waals surface area contributed by atoms with Crippen molar-refractivity contribution in [3.63, 3.8) is 0 Å². The molecule has 13 heteroatoms. The van der Waals surface area contributed by atoms with E-state index in [0.29, 0.717) is 31.4 Å². The number of rotatable bonds is 8. The van der Waals surface area contributed by atoms with Crippen LogP contribution in [-0.4, -0.2) is 117 Å². The van der Waals surface area contributed by atoms with Crippen LogP contribution >= 0.6 is 0 Å². The van der Waals surface area contributed by atoms with Crippen molar-refractivity contribution in [1.29, 1.82) is 0 Å². The minimum atomic E-state index is -1.16. The van der Waals surface area contributed by atoms with Gasteiger partial charge in [-0.1, -0.05) is 45.9 Å². The van der Waals surface area contributed by atoms with E-state index < -0.39 is 71.7 Å². The Morgan fingerprint density at radius 3 is 2.33 bits per heavy atom. The van der Waals surface area contributed by atoms with Gasteiger partial charge in [-0.05, 0) is 85.6 Å². The van der Waals surface area contributed by atoms with E-state index in [4.69, 9.17) is 28.4 Å². The van der Waals surface area contributed by atoms with Crippen LogP contribution in [0.1, 0.15) is 85.0 Å². The Hall–Kier alpha value is -3.10. The summed E-state index contributed by atoms with van der Waals surface area (Å²) in [6.07, 6.45) is -2.03. The van der Waals surface area contributed by atoms with E-state index in [1.807, 2.05) is 47.9 Å². The zero-order valence-electron chi connectivity index (χ0n) is 32.8. The van der Waals surface area contributed by atoms with Crippen LogP contribution < -0.4 is 10.6 Å². The number of cyclic esters (lactones) is 1. The van der Waals surface area contributed by atoms with Gasteiger partial charge >= 0.3 is 18.0 Å². The number of carbonyl (C=O) groups is 4. The van der Waals surface area contributed by atoms with Gasteiger partial charge in [-0.3, -0.25) is 9.59 Å². The first-order valence-electron chi connectivity index (χ1n) is 18.7. The minimum Gasteiger partial charge on any atom is -0.459 e. The van der Waals surface area contributed by atoms with E-state index in [9.17, 15) is 19.2 Å². The van der Waals surface area contributed by atoms with Crippen LogP contribution in [0.15, 0.2) is 30.3 Å². The molecule has 1 aromatic rings. The molecule has 1 amide bonds. The average Bonchev–Trinajstić information content (AvgIpc) is 3.44. The van der Waals surface area contributed by atoms with Crippen molar-refractivity contribution in [2.45, 2.75) is 129 Å². The second kappa shape index (κ2) is 17.4. The molecule has 3 saturated heterocycles. The Kier molecular flexibility index (Phi) is 13.9. The highest BCUT2D eigenvalue weighted by Gasteiger charge is 2.55. The number of benzene rings is 1. The number of fused-ring (bicyclic) bond motifs is 1. The van der Waals surface area contributed by atoms with Crippen molar-refractivity contribution >= 4 is 23.8 Å². The molecule has 4 rings (SSSR count). The molecule has 0 bridgehead atoms. The second-order valence-corrected chi connectivity index (χ2v) is 15.7. The van der Waals surface area contributed by atoms with Crippen LogP contribution in [0.5, 0.6) is 0 Å². The van der Waals surface area contributed by atoms with Gasteiger partial charge in [0.2, 0.25) is 0 Å². The molecule has 3 aliphatic heterocycles. The molecule has 292 valence electrons. The fourth-order valence-electron chi connectivity index (χ4n) is 8.28. The van der Waals surface area contributed by atoms with Crippen molar-refractivity contribution in [3.05, 3.63) is 35.9 Å². The van der Waals surface area contributed by atoms with Crippen LogP contribution in [0.4, 0.5) is 4.79 Å². The molecule has 0 spiro atoms. The van der Waals surface area contributed by atoms with Crippen LogP contribution in [-0.2, 0) is 38.0 Å². The standard InChI is InChI=1S/C39H61N3O10/c1-12-30-39(8)32(41-37(46)52-39)26(6)40-20-22(2)19-38(7,47-11)33(24(4)31(43)25(5)34(44)50-30)51-36-23(3)29(42(9)10)18-28(49-36)21-48-35(45)27-16-14-13-15-17-27/h13-17,22-26,28-30,32-33,36,40H,12,18-21H2,1-11H3,(H,41,46)/t22-,23?,24+,25?,26-,28?,29?,30-,32-,33-,36?,38-,39-/m1/s1. The number of alkyl carbamates (subject to hydrolysis) is 1. The number of amides is 1. The maximum Gasteiger partial charge on any atom is 0.408 e. The maximum atomic E-state index is 14.3. The van der Waals surface area contributed by atoms with Gasteiger partial charge in [0.05, 0.1) is 29.4 Å². The minimum absolute atomic E-state index is 0.00857. The molecule has 1 aromatic carbocycles. The van der Waals surface area contributed by atoms with Gasteiger partial charge in [-0.15, -0.1) is 0 Å². The van der Waals surface area contributed by atoms with Gasteiger partial charge in [-0.2, -0.15) is 0 Å². The molecule has 2 N–H and O–H groups in total. The van der Waals surface area contributed by atoms with Gasteiger partial charge in [0.15, 0.2) is 17.7 Å². The van der Waals surface area contributed by atoms with E-state index in [-0.39, 0.29) is 36.3 Å². The summed E-state index contributed by atoms with van der Waals surface area (Å²) in [4.78, 5) is 55.5. The zero-order chi connectivity index (χ0) is 38.5. The van der Waals surface area contributed by atoms with Crippen LogP contribution in [0.25, 0.3) is 0 Å². The first kappa shape index (κ1) is 41.7. The number of methoxy groups -OCH3 is 1. The van der Waals surface area contributed by atoms with E-state index in [2.05, 4.69) is 22.5 Å². The molecule has 0 radical (unpaired) electrons. The summed E-state index contributed by atoms with van der Waals surface area (Å²) in [5, 5.41) is 6.47. The highest BCUT2D eigenvalue weighted by atomic mass is 16.7. The predicted octanol–water partition coefficient (Wildman–Crippen LogP) is 4.36. The Balaban J connectivity index is 1.65. The second-order valence-electron chi connectivity index (χ2n) is 15.7. The highest BCUT2D eigenvalue weighted by Crippen LogP contribution is 2.39. The van der Waals surface area contributed by atoms with Gasteiger partial charge in [0, 0.05) is 31.0 Å². The fourth-order valence-corrected chi connectivity index (χ4v) is 8.28. The predicted molar refractivity (Wildman–Crippen MR) is 193 cm³/mol. The zero-order valence-corrected chi connectivity index (χ0v) is 32.8. The van der Waals surface area contributed by atoms with Crippen LogP contribution in [0.2, 0.25) is 0 Å². The lowest BCUT2D eigenvalue weighted by Gasteiger charge is -2.47. The van der Waals surface area contributed by atoms with E-state index in [1.54, 1.807) is 45.2 Å². The number of nitrogens with zero attached hydrogens (tertiary/aromatic N) is 1. The fraction of sp³-hybridized carbons (Fsp3) is 0.744. The summed E-state index contributed by atoms with van der Waals surface area (Å²) < 4.78 is 37.2. The Labute approximate surface area is 309 Å². The number of esters is 2. The number of hydrogen-bond acceptors (Lipinski definition) is 12. The first-order valence-corrected chi connectivity index (χ1v) is 18.7. The van der Waals surface area contributed by atoms with E-state index in [1.165, 1.54) is 6.92 Å². The number of hydrogen-bond donors (Lipinski definition) is 2. The SMILES string of the molecule is CC[C@H]1OC(=O)C(C)C(=O)[C@H](C)[C@@H](OC2OC(COC(=O)c3ccccc3)CC(N(C)C)C2C)[C@](C)(OC)C[C@@H](C)CN[C@H](C)[C@H]2NC(=O)O[C@@]21C. The lowest BCUT2D eigenvalue weighted by atomic mass is 9.78. The summed E-state index contributed by atoms with van der Waals surface area (Å²) in [5.41, 5.74) is -1.72. The topological polar surface area (TPSA) is 151 Å². The number of ketones is 1. The molecule has 13 nitrogen and oxygen atoms in total. The van der Waals surface area contributed by atoms with Gasteiger partial charge in [0.1, 0.15) is 18.6 Å². The van der Waals surface area contributed by atoms with Crippen molar-refractivity contribution in [2.24, 2.45) is 23.7 Å². The van der Waals surface area contributed by atoms with E-state index >= 15 is 0 Å². The maximum absolute atomic E-state index is 14.3. The largest absolute Gasteiger partial charge is 0.459 e. The van der Waals surface area contributed by atoms with Crippen molar-refractivity contribution < 1.29 is 47.6 Å². The third-order valence-corrected chi connectivity index (χ3v) is 11.5. The Bertz CT molecular complexity index is 1400. The lowest BCUT2D eigenvalue weighted by Crippen LogP contribution is -2.60. The molecule has 3 aliphatic rings. The number of Topliss-reactive ketones (excluding diaryl/α,β-unsaturated/α-hetero) is 1. The summed E-state index contributed by atoms with van der Waals surface area (Å²) >= 11 is 0. The number of nitrogens with one attached hydrogen (secondary N) is 2. The quantitative estimate of drug-likeness (QED) is 0.222. The summed E-state index contributed by atoms with van der Waals surface area (Å²) in [7, 11) is 5.58. The van der Waals surface area contributed by atoms with Gasteiger partial charge in [-0.25, -0.2) is 9.59 Å². The van der Waals surface area contributed by atoms with Gasteiger partial charge < -0.3 is 44.0 Å². The molecule has 5 unspecified atom stereocenters. The third kappa shape index (κ3) is 9.15. The monoisotopic (exact) mass is 731 g/mol. The van der Waals surface area contributed by atoms with Crippen LogP contribution in [0, 0.1) is 23.7 Å². The molecular formula is C39H61N3O10. The normalized spacial score (nSPS) is 39.4. The molecule has 3 heterocycles. The van der Waals surface area contributed by atoms with Crippen molar-refractivity contribution in [3.8, 4) is 0 Å². The number of carbonyl (C=O) groups excluding carboxylic acids is 4. The van der Waals surface area contributed by atoms with Crippen molar-refractivity contribution in [1.82, 2.24) is 15.5 Å². The highest BCUT2D eigenvalue weighted by molar-refractivity contribution is 6.00. The Morgan fingerprint density at radius 2 is 1.71 bits per heavy atom. The molecule has 0 saturated carbocycles. The molecule has 0 aromatic heterocycles. The van der Waals surface area contributed by atoms with E-state index in [0.717, 1.165) is 0 Å². The molecular weight excluding hydrogens is 670 g/mol. The average molecular weight is 732 g/mol. The molecule has 52 heavy (non-hydrogen) atoms. The third-order valence-electron chi connectivity index (χ3n) is 11.5. The smallest absolute Gasteiger partial charge is 0.408 e. The summed E-state index contributed by atoms with van der Waals surface area (Å²) in [5.74, 6) is -3.60. The number of ether oxygens (including phenoxy) is 6. The van der Waals surface area contributed by atoms with Gasteiger partial charge in [0.25, 0.3) is 0 Å². The van der Waals surface area contributed by atoms with Crippen molar-refractivity contribution in [2.75, 3.05) is 34.4 Å². The molecule has 3 fully saturated rings. The van der Waals surface area contributed by atoms with Crippen LogP contribution in [0.3, 0.4) is 0 Å². The summed E-state index contributed by atoms with van der Waals surface area (Å²) in [6.45, 7) is 15.5. The Morgan fingerprint density at radius 1 is 1.04 bits per heavy atom. The lowest BCUT2D eigenvalue weighted by molar-refractivity contribution is -0.286. The first-order chi connectivity index (χ1) is 24.4.